The monoisotopic (exact) mass is 531 g/mol. The number of nitrogens with one attached hydrogen (secondary N) is 3. The van der Waals surface area contributed by atoms with Gasteiger partial charge in [0.1, 0.15) is 10.6 Å². The van der Waals surface area contributed by atoms with Crippen molar-refractivity contribution >= 4 is 47.2 Å². The molecule has 0 aliphatic rings. The van der Waals surface area contributed by atoms with Gasteiger partial charge in [-0.1, -0.05) is 12.1 Å². The Morgan fingerprint density at radius 1 is 1.21 bits per heavy atom. The number of carbonyl (C=O) groups is 1. The summed E-state index contributed by atoms with van der Waals surface area (Å²) in [6.45, 7) is 9.55. The number of guanidine groups is 1. The summed E-state index contributed by atoms with van der Waals surface area (Å²) in [5.41, 5.74) is 4.66. The maximum atomic E-state index is 12.1. The first-order chi connectivity index (χ1) is 13.4. The van der Waals surface area contributed by atoms with Gasteiger partial charge in [-0.2, -0.15) is 0 Å². The molecule has 3 N–H and O–H groups in total. The van der Waals surface area contributed by atoms with Crippen LogP contribution in [0.3, 0.4) is 0 Å². The molecular formula is C20H30IN5O2S. The highest BCUT2D eigenvalue weighted by Gasteiger charge is 2.11. The van der Waals surface area contributed by atoms with E-state index in [0.717, 1.165) is 22.6 Å². The zero-order valence-corrected chi connectivity index (χ0v) is 20.7. The van der Waals surface area contributed by atoms with Gasteiger partial charge in [0.25, 0.3) is 5.91 Å². The quantitative estimate of drug-likeness (QED) is 0.211. The number of halogens is 1. The minimum atomic E-state index is -0.0973. The maximum absolute atomic E-state index is 12.1. The summed E-state index contributed by atoms with van der Waals surface area (Å²) in [6.07, 6.45) is 0.115. The Balaban J connectivity index is 0.00000420. The Morgan fingerprint density at radius 3 is 2.55 bits per heavy atom. The van der Waals surface area contributed by atoms with Crippen LogP contribution in [0.5, 0.6) is 5.75 Å². The predicted molar refractivity (Wildman–Crippen MR) is 130 cm³/mol. The Labute approximate surface area is 193 Å². The van der Waals surface area contributed by atoms with Crippen LogP contribution in [0, 0.1) is 13.8 Å². The Hall–Kier alpha value is -1.88. The fourth-order valence-electron chi connectivity index (χ4n) is 2.53. The van der Waals surface area contributed by atoms with Gasteiger partial charge in [-0.25, -0.2) is 4.98 Å². The molecule has 1 heterocycles. The van der Waals surface area contributed by atoms with E-state index in [1.165, 1.54) is 11.3 Å². The molecule has 0 aliphatic carbocycles. The summed E-state index contributed by atoms with van der Waals surface area (Å²) in [7, 11) is 1.72. The molecule has 160 valence electrons. The van der Waals surface area contributed by atoms with Crippen molar-refractivity contribution in [2.24, 2.45) is 4.99 Å². The number of hydrogen-bond donors (Lipinski definition) is 3. The first-order valence-electron chi connectivity index (χ1n) is 9.29. The molecule has 0 spiro atoms. The fourth-order valence-corrected chi connectivity index (χ4v) is 3.25. The number of carbonyl (C=O) groups excluding carboxylic acids is 1. The van der Waals surface area contributed by atoms with E-state index in [1.807, 2.05) is 33.8 Å². The van der Waals surface area contributed by atoms with Crippen LogP contribution in [0.2, 0.25) is 0 Å². The molecule has 1 amide bonds. The van der Waals surface area contributed by atoms with Gasteiger partial charge in [0.2, 0.25) is 0 Å². The van der Waals surface area contributed by atoms with Gasteiger partial charge < -0.3 is 20.7 Å². The van der Waals surface area contributed by atoms with Crippen LogP contribution in [-0.2, 0) is 6.54 Å². The largest absolute Gasteiger partial charge is 0.491 e. The van der Waals surface area contributed by atoms with E-state index in [9.17, 15) is 4.79 Å². The second kappa shape index (κ2) is 12.6. The van der Waals surface area contributed by atoms with Crippen molar-refractivity contribution in [3.8, 4) is 5.75 Å². The van der Waals surface area contributed by atoms with Gasteiger partial charge in [-0.3, -0.25) is 9.79 Å². The molecule has 1 aromatic carbocycles. The van der Waals surface area contributed by atoms with Crippen molar-refractivity contribution in [1.82, 2.24) is 20.9 Å². The number of nitrogens with zero attached hydrogens (tertiary/aromatic N) is 2. The summed E-state index contributed by atoms with van der Waals surface area (Å²) in [6, 6.07) is 6.17. The summed E-state index contributed by atoms with van der Waals surface area (Å²) in [5, 5.41) is 9.36. The topological polar surface area (TPSA) is 87.6 Å². The smallest absolute Gasteiger partial charge is 0.263 e. The zero-order chi connectivity index (χ0) is 20.5. The molecule has 2 rings (SSSR count). The van der Waals surface area contributed by atoms with Crippen LogP contribution >= 0.6 is 35.3 Å². The minimum absolute atomic E-state index is 0. The van der Waals surface area contributed by atoms with E-state index < -0.39 is 0 Å². The van der Waals surface area contributed by atoms with Crippen LogP contribution in [0.15, 0.2) is 28.7 Å². The number of amides is 1. The van der Waals surface area contributed by atoms with E-state index in [4.69, 9.17) is 4.74 Å². The number of benzene rings is 1. The van der Waals surface area contributed by atoms with Crippen LogP contribution in [0.1, 0.15) is 40.3 Å². The summed E-state index contributed by atoms with van der Waals surface area (Å²) < 4.78 is 5.91. The Bertz CT molecular complexity index is 823. The maximum Gasteiger partial charge on any atom is 0.263 e. The average Bonchev–Trinajstić information content (AvgIpc) is 3.08. The van der Waals surface area contributed by atoms with Crippen molar-refractivity contribution in [3.05, 3.63) is 45.4 Å². The number of ether oxygens (including phenoxy) is 1. The standard InChI is InChI=1S/C20H29N5O2S.HI/c1-13(2)27-17-10-14(3)6-7-16(17)11-24-20(21-5)23-9-8-22-19(26)18-15(4)25-12-28-18;/h6-7,10,12-13H,8-9,11H2,1-5H3,(H,22,26)(H2,21,23,24);1H. The van der Waals surface area contributed by atoms with Crippen molar-refractivity contribution < 1.29 is 9.53 Å². The lowest BCUT2D eigenvalue weighted by atomic mass is 10.1. The second-order valence-corrected chi connectivity index (χ2v) is 7.51. The lowest BCUT2D eigenvalue weighted by Crippen LogP contribution is -2.41. The predicted octanol–water partition coefficient (Wildman–Crippen LogP) is 3.26. The first kappa shape index (κ1) is 25.2. The molecule has 1 aromatic heterocycles. The van der Waals surface area contributed by atoms with Gasteiger partial charge in [0, 0.05) is 32.2 Å². The van der Waals surface area contributed by atoms with E-state index in [0.29, 0.717) is 30.5 Å². The molecule has 0 unspecified atom stereocenters. The van der Waals surface area contributed by atoms with Crippen LogP contribution < -0.4 is 20.7 Å². The average molecular weight is 531 g/mol. The lowest BCUT2D eigenvalue weighted by Gasteiger charge is -2.17. The summed E-state index contributed by atoms with van der Waals surface area (Å²) in [4.78, 5) is 21.0. The molecule has 0 saturated heterocycles. The molecule has 0 atom stereocenters. The normalized spacial score (nSPS) is 11.0. The molecule has 0 radical (unpaired) electrons. The van der Waals surface area contributed by atoms with Crippen molar-refractivity contribution in [2.45, 2.75) is 40.3 Å². The third-order valence-corrected chi connectivity index (χ3v) is 4.84. The molecule has 0 saturated carbocycles. The molecular weight excluding hydrogens is 501 g/mol. The third kappa shape index (κ3) is 8.17. The molecule has 9 heteroatoms. The van der Waals surface area contributed by atoms with E-state index >= 15 is 0 Å². The van der Waals surface area contributed by atoms with Crippen molar-refractivity contribution in [3.63, 3.8) is 0 Å². The Morgan fingerprint density at radius 2 is 1.93 bits per heavy atom. The highest BCUT2D eigenvalue weighted by atomic mass is 127. The van der Waals surface area contributed by atoms with Crippen molar-refractivity contribution in [2.75, 3.05) is 20.1 Å². The molecule has 0 bridgehead atoms. The van der Waals surface area contributed by atoms with Gasteiger partial charge >= 0.3 is 0 Å². The van der Waals surface area contributed by atoms with Crippen LogP contribution in [0.25, 0.3) is 0 Å². The van der Waals surface area contributed by atoms with Crippen LogP contribution in [0.4, 0.5) is 0 Å². The third-order valence-electron chi connectivity index (χ3n) is 3.91. The summed E-state index contributed by atoms with van der Waals surface area (Å²) >= 11 is 1.35. The number of aromatic nitrogens is 1. The zero-order valence-electron chi connectivity index (χ0n) is 17.5. The number of aliphatic imine (C=N–C) groups is 1. The van der Waals surface area contributed by atoms with Gasteiger partial charge in [0.15, 0.2) is 5.96 Å². The minimum Gasteiger partial charge on any atom is -0.491 e. The van der Waals surface area contributed by atoms with Gasteiger partial charge in [-0.05, 0) is 39.3 Å². The number of hydrogen-bond acceptors (Lipinski definition) is 5. The number of aryl methyl sites for hydroxylation is 2. The number of rotatable bonds is 8. The highest BCUT2D eigenvalue weighted by molar-refractivity contribution is 14.0. The fraction of sp³-hybridized carbons (Fsp3) is 0.450. The molecule has 2 aromatic rings. The van der Waals surface area contributed by atoms with E-state index in [1.54, 1.807) is 12.6 Å². The second-order valence-electron chi connectivity index (χ2n) is 6.65. The van der Waals surface area contributed by atoms with Crippen molar-refractivity contribution in [1.29, 1.82) is 0 Å². The van der Waals surface area contributed by atoms with Gasteiger partial charge in [0.05, 0.1) is 17.3 Å². The lowest BCUT2D eigenvalue weighted by molar-refractivity contribution is 0.0957. The molecule has 0 fully saturated rings. The first-order valence-corrected chi connectivity index (χ1v) is 10.2. The Kier molecular flexibility index (Phi) is 11.0. The van der Waals surface area contributed by atoms with Crippen LogP contribution in [-0.4, -0.2) is 43.1 Å². The molecule has 7 nitrogen and oxygen atoms in total. The SMILES string of the molecule is CN=C(NCCNC(=O)c1scnc1C)NCc1ccc(C)cc1OC(C)C.I. The highest BCUT2D eigenvalue weighted by Crippen LogP contribution is 2.21. The van der Waals surface area contributed by atoms with Gasteiger partial charge in [-0.15, -0.1) is 35.3 Å². The number of thiazole rings is 1. The summed E-state index contributed by atoms with van der Waals surface area (Å²) in [5.74, 6) is 1.45. The molecule has 0 aliphatic heterocycles. The molecule has 29 heavy (non-hydrogen) atoms. The van der Waals surface area contributed by atoms with E-state index in [-0.39, 0.29) is 36.0 Å². The van der Waals surface area contributed by atoms with E-state index in [2.05, 4.69) is 38.1 Å².